The number of nitrogens with zero attached hydrogens (tertiary/aromatic N) is 5. The molecule has 2 aromatic carbocycles. The molecule has 2 unspecified atom stereocenters. The first-order chi connectivity index (χ1) is 27.9. The van der Waals surface area contributed by atoms with E-state index in [1.807, 2.05) is 18.5 Å². The molecule has 58 heavy (non-hydrogen) atoms. The first kappa shape index (κ1) is 40.1. The second-order valence-electron chi connectivity index (χ2n) is 16.1. The van der Waals surface area contributed by atoms with Gasteiger partial charge in [0.05, 0.1) is 17.4 Å². The predicted octanol–water partition coefficient (Wildman–Crippen LogP) is 6.11. The van der Waals surface area contributed by atoms with Crippen molar-refractivity contribution in [3.63, 3.8) is 0 Å². The van der Waals surface area contributed by atoms with Crippen LogP contribution in [-0.4, -0.2) is 92.1 Å². The number of carbonyl (C=O) groups is 4. The van der Waals surface area contributed by atoms with Gasteiger partial charge in [-0.2, -0.15) is 0 Å². The van der Waals surface area contributed by atoms with E-state index in [1.165, 1.54) is 30.4 Å². The van der Waals surface area contributed by atoms with Gasteiger partial charge in [-0.1, -0.05) is 31.2 Å². The highest BCUT2D eigenvalue weighted by atomic mass is 32.1. The highest BCUT2D eigenvalue weighted by molar-refractivity contribution is 7.57. The van der Waals surface area contributed by atoms with Gasteiger partial charge in [-0.05, 0) is 105 Å². The van der Waals surface area contributed by atoms with Crippen LogP contribution in [0.4, 0.5) is 4.39 Å². The maximum Gasteiger partial charge on any atom is 0.355 e. The van der Waals surface area contributed by atoms with Gasteiger partial charge in [0.2, 0.25) is 17.7 Å². The van der Waals surface area contributed by atoms with Crippen LogP contribution in [0.5, 0.6) is 5.75 Å². The third kappa shape index (κ3) is 7.90. The number of aryl methyl sites for hydroxylation is 1. The molecule has 2 N–H and O–H groups in total. The molecule has 4 fully saturated rings. The topological polar surface area (TPSA) is 165 Å². The van der Waals surface area contributed by atoms with Crippen LogP contribution in [0, 0.1) is 11.8 Å². The molecule has 0 radical (unpaired) electrons. The minimum atomic E-state index is -4.44. The molecule has 8 rings (SSSR count). The van der Waals surface area contributed by atoms with Crippen molar-refractivity contribution in [1.82, 2.24) is 35.0 Å². The number of carbonyl (C=O) groups excluding carboxylic acids is 4. The smallest absolute Gasteiger partial charge is 0.355 e. The Hall–Kier alpha value is -4.66. The Morgan fingerprint density at radius 1 is 1.03 bits per heavy atom. The minimum Gasteiger partial charge on any atom is -0.465 e. The lowest BCUT2D eigenvalue weighted by atomic mass is 9.67. The Balaban J connectivity index is 0.988. The number of esters is 1. The predicted molar refractivity (Wildman–Crippen MR) is 215 cm³/mol. The second-order valence-corrected chi connectivity index (χ2v) is 19.3. The van der Waals surface area contributed by atoms with Gasteiger partial charge in [-0.15, -0.1) is 21.5 Å². The first-order valence-electron chi connectivity index (χ1n) is 20.1. The van der Waals surface area contributed by atoms with E-state index in [2.05, 4.69) is 20.6 Å². The van der Waals surface area contributed by atoms with E-state index in [4.69, 9.17) is 9.26 Å². The Labute approximate surface area is 340 Å². The maximum atomic E-state index is 16.6. The summed E-state index contributed by atoms with van der Waals surface area (Å²) in [5, 5.41) is 14.4. The average Bonchev–Trinajstić information content (AvgIpc) is 3.94. The van der Waals surface area contributed by atoms with Gasteiger partial charge in [0.15, 0.2) is 0 Å². The van der Waals surface area contributed by atoms with Gasteiger partial charge in [0.25, 0.3) is 5.91 Å². The van der Waals surface area contributed by atoms with Crippen molar-refractivity contribution in [3.8, 4) is 5.75 Å². The van der Waals surface area contributed by atoms with Crippen molar-refractivity contribution >= 4 is 52.6 Å². The molecule has 4 aliphatic rings. The molecule has 8 atom stereocenters. The molecule has 2 aromatic heterocycles. The summed E-state index contributed by atoms with van der Waals surface area (Å²) in [4.78, 5) is 58.9. The van der Waals surface area contributed by atoms with Crippen LogP contribution in [0.3, 0.4) is 0 Å². The molecule has 1 saturated carbocycles. The lowest BCUT2D eigenvalue weighted by Crippen LogP contribution is -2.61. The molecule has 14 nitrogen and oxygen atoms in total. The number of fused-ring (bicyclic) bond motifs is 3. The molecular formula is C41H49FN7O7PS. The normalized spacial score (nSPS) is 25.2. The molecule has 5 heterocycles. The number of benzene rings is 2. The zero-order valence-electron chi connectivity index (χ0n) is 32.8. The minimum absolute atomic E-state index is 0.0326. The Morgan fingerprint density at radius 3 is 2.50 bits per heavy atom. The molecule has 0 bridgehead atoms. The third-order valence-electron chi connectivity index (χ3n) is 12.1. The Bertz CT molecular complexity index is 2230. The number of aromatic nitrogens is 3. The van der Waals surface area contributed by atoms with Crippen LogP contribution in [0.2, 0.25) is 0 Å². The zero-order valence-corrected chi connectivity index (χ0v) is 34.5. The second kappa shape index (κ2) is 16.5. The molecule has 17 heteroatoms. The van der Waals surface area contributed by atoms with Gasteiger partial charge >= 0.3 is 13.5 Å². The van der Waals surface area contributed by atoms with E-state index in [1.54, 1.807) is 58.6 Å². The summed E-state index contributed by atoms with van der Waals surface area (Å²) in [7, 11) is -2.56. The summed E-state index contributed by atoms with van der Waals surface area (Å²) in [5.74, 6) is -1.72. The third-order valence-corrected chi connectivity index (χ3v) is 15.4. The fraction of sp³-hybridized carbons (Fsp3) is 0.512. The Kier molecular flexibility index (Phi) is 11.4. The van der Waals surface area contributed by atoms with E-state index in [-0.39, 0.29) is 41.7 Å². The van der Waals surface area contributed by atoms with E-state index >= 15 is 4.39 Å². The van der Waals surface area contributed by atoms with E-state index in [9.17, 15) is 23.7 Å². The summed E-state index contributed by atoms with van der Waals surface area (Å²) in [5.41, 5.74) is 0.0326. The number of para-hydroxylation sites is 1. The monoisotopic (exact) mass is 833 g/mol. The van der Waals surface area contributed by atoms with E-state index < -0.39 is 43.4 Å². The lowest BCUT2D eigenvalue weighted by molar-refractivity contribution is -0.151. The standard InChI is InChI=1S/C41H49FN7O7PS/c1-4-16-55-41(53)24(2)46-57(54,56-31-8-6-5-7-9-31)36(42)27-12-15-34-28(17-27)20-35(58-34)38(50)44-32-19-26-11-10-25(26)18-30-13-14-33(49(30)39(32)51)40(52)48-21-29(22-48)37-45-43-23-47(37)3/h5-9,12,15,17,20,23-26,29-30,32-33,36H,4,10-11,13-14,16,18-19,21-22H2,1-3H3,(H,44,50)(H,46,54)/t24-,25-,26+,30+,32-,33-,36?,57?/m0/s1. The molecule has 3 amide bonds. The summed E-state index contributed by atoms with van der Waals surface area (Å²) in [6.45, 7) is 4.50. The van der Waals surface area contributed by atoms with Crippen molar-refractivity contribution in [1.29, 1.82) is 0 Å². The summed E-state index contributed by atoms with van der Waals surface area (Å²) in [6.07, 6.45) is 7.03. The molecular weight excluding hydrogens is 785 g/mol. The fourth-order valence-corrected chi connectivity index (χ4v) is 11.7. The highest BCUT2D eigenvalue weighted by Gasteiger charge is 2.51. The highest BCUT2D eigenvalue weighted by Crippen LogP contribution is 2.58. The van der Waals surface area contributed by atoms with Gasteiger partial charge in [0, 0.05) is 30.9 Å². The number of hydrogen-bond acceptors (Lipinski definition) is 10. The quantitative estimate of drug-likeness (QED) is 0.119. The number of ether oxygens (including phenoxy) is 1. The molecule has 308 valence electrons. The van der Waals surface area contributed by atoms with Crippen molar-refractivity contribution < 1.29 is 37.4 Å². The average molecular weight is 834 g/mol. The van der Waals surface area contributed by atoms with Crippen molar-refractivity contribution in [2.24, 2.45) is 18.9 Å². The van der Waals surface area contributed by atoms with Crippen LogP contribution in [0.25, 0.3) is 10.1 Å². The van der Waals surface area contributed by atoms with Gasteiger partial charge < -0.3 is 28.9 Å². The first-order valence-corrected chi connectivity index (χ1v) is 22.7. The molecule has 4 aromatic rings. The van der Waals surface area contributed by atoms with Crippen LogP contribution in [-0.2, 0) is 30.7 Å². The number of thiophene rings is 1. The zero-order chi connectivity index (χ0) is 40.7. The van der Waals surface area contributed by atoms with Gasteiger partial charge in [-0.25, -0.2) is 9.48 Å². The number of rotatable bonds is 13. The molecule has 3 aliphatic heterocycles. The van der Waals surface area contributed by atoms with Gasteiger partial charge in [0.1, 0.15) is 36.0 Å². The molecule has 0 spiro atoms. The van der Waals surface area contributed by atoms with Crippen molar-refractivity contribution in [2.75, 3.05) is 19.7 Å². The van der Waals surface area contributed by atoms with E-state index in [0.29, 0.717) is 59.2 Å². The fourth-order valence-electron chi connectivity index (χ4n) is 8.87. The number of alkyl halides is 1. The summed E-state index contributed by atoms with van der Waals surface area (Å²) < 4.78 is 44.4. The van der Waals surface area contributed by atoms with Crippen LogP contribution < -0.4 is 14.9 Å². The van der Waals surface area contributed by atoms with Crippen LogP contribution in [0.15, 0.2) is 60.9 Å². The SMILES string of the molecule is CCCOC(=O)[C@H](C)NP(=O)(Oc1ccccc1)C(F)c1ccc2sc(C(=O)N[C@H]3C[C@H]4CC[C@H]4C[C@H]4CC[C@@H](C(=O)N5CC(c6nncn6C)C5)N4C3=O)cc2c1. The number of hydrogen-bond donors (Lipinski definition) is 2. The van der Waals surface area contributed by atoms with Crippen molar-refractivity contribution in [2.45, 2.75) is 94.8 Å². The van der Waals surface area contributed by atoms with Crippen LogP contribution in [0.1, 0.15) is 91.7 Å². The number of amides is 3. The largest absolute Gasteiger partial charge is 0.465 e. The number of halogens is 1. The lowest BCUT2D eigenvalue weighted by Gasteiger charge is -2.47. The summed E-state index contributed by atoms with van der Waals surface area (Å²) in [6, 6.07) is 11.9. The number of likely N-dealkylation sites (tertiary alicyclic amines) is 1. The number of nitrogens with one attached hydrogen (secondary N) is 2. The molecule has 3 saturated heterocycles. The van der Waals surface area contributed by atoms with E-state index in [0.717, 1.165) is 31.5 Å². The maximum absolute atomic E-state index is 16.6. The molecule has 1 aliphatic carbocycles. The summed E-state index contributed by atoms with van der Waals surface area (Å²) >= 11 is 1.20. The Morgan fingerprint density at radius 2 is 1.79 bits per heavy atom. The van der Waals surface area contributed by atoms with Crippen LogP contribution >= 0.6 is 18.9 Å². The van der Waals surface area contributed by atoms with Crippen molar-refractivity contribution in [3.05, 3.63) is 77.2 Å². The van der Waals surface area contributed by atoms with Gasteiger partial charge in [-0.3, -0.25) is 23.7 Å².